The number of carbonyl (C=O) groups excluding carboxylic acids is 2. The predicted molar refractivity (Wildman–Crippen MR) is 106 cm³/mol. The maximum absolute atomic E-state index is 13.1. The monoisotopic (exact) mass is 405 g/mol. The summed E-state index contributed by atoms with van der Waals surface area (Å²) in [4.78, 5) is 40.5. The SMILES string of the molecule is N#Cc1cncc(C2CC=NN2C(=O)N2CCN(c3nccc(C(N)=O)n3)CC2)c1. The molecule has 0 aromatic carbocycles. The van der Waals surface area contributed by atoms with E-state index in [1.807, 2.05) is 4.90 Å². The molecule has 2 aliphatic heterocycles. The second kappa shape index (κ2) is 8.12. The molecule has 1 fully saturated rings. The molecule has 2 aromatic rings. The van der Waals surface area contributed by atoms with E-state index in [9.17, 15) is 9.59 Å². The molecule has 2 aliphatic rings. The lowest BCUT2D eigenvalue weighted by atomic mass is 10.1. The van der Waals surface area contributed by atoms with Crippen molar-refractivity contribution in [1.82, 2.24) is 24.9 Å². The normalized spacial score (nSPS) is 18.4. The van der Waals surface area contributed by atoms with Crippen LogP contribution in [0.2, 0.25) is 0 Å². The van der Waals surface area contributed by atoms with E-state index in [0.717, 1.165) is 5.56 Å². The van der Waals surface area contributed by atoms with E-state index in [1.54, 1.807) is 23.4 Å². The second-order valence-corrected chi connectivity index (χ2v) is 6.88. The Kier molecular flexibility index (Phi) is 5.21. The Morgan fingerprint density at radius 2 is 2.00 bits per heavy atom. The Balaban J connectivity index is 1.42. The van der Waals surface area contributed by atoms with E-state index in [1.165, 1.54) is 23.5 Å². The fourth-order valence-corrected chi connectivity index (χ4v) is 3.46. The summed E-state index contributed by atoms with van der Waals surface area (Å²) in [6.45, 7) is 1.94. The van der Waals surface area contributed by atoms with Crippen LogP contribution in [0.3, 0.4) is 0 Å². The van der Waals surface area contributed by atoms with Crippen LogP contribution < -0.4 is 10.6 Å². The summed E-state index contributed by atoms with van der Waals surface area (Å²) < 4.78 is 0. The van der Waals surface area contributed by atoms with Crippen LogP contribution >= 0.6 is 0 Å². The highest BCUT2D eigenvalue weighted by molar-refractivity contribution is 5.90. The number of amides is 3. The molecule has 0 bridgehead atoms. The number of hydrogen-bond donors (Lipinski definition) is 1. The van der Waals surface area contributed by atoms with Gasteiger partial charge in [0.05, 0.1) is 11.6 Å². The molecule has 0 spiro atoms. The quantitative estimate of drug-likeness (QED) is 0.783. The molecular formula is C19H19N9O2. The third-order valence-corrected chi connectivity index (χ3v) is 5.03. The molecule has 152 valence electrons. The van der Waals surface area contributed by atoms with E-state index in [-0.39, 0.29) is 17.8 Å². The molecule has 4 rings (SSSR count). The fourth-order valence-electron chi connectivity index (χ4n) is 3.46. The Morgan fingerprint density at radius 1 is 1.20 bits per heavy atom. The first kappa shape index (κ1) is 19.3. The third-order valence-electron chi connectivity index (χ3n) is 5.03. The Hall–Kier alpha value is -4.07. The highest BCUT2D eigenvalue weighted by Gasteiger charge is 2.33. The Morgan fingerprint density at radius 3 is 2.73 bits per heavy atom. The molecule has 2 N–H and O–H groups in total. The lowest BCUT2D eigenvalue weighted by molar-refractivity contribution is 0.0995. The van der Waals surface area contributed by atoms with Gasteiger partial charge in [0.1, 0.15) is 11.8 Å². The Bertz CT molecular complexity index is 1040. The smallest absolute Gasteiger partial charge is 0.341 e. The van der Waals surface area contributed by atoms with Crippen LogP contribution in [0.25, 0.3) is 0 Å². The van der Waals surface area contributed by atoms with Crippen molar-refractivity contribution in [2.24, 2.45) is 10.8 Å². The number of anilines is 1. The molecule has 4 heterocycles. The van der Waals surface area contributed by atoms with Gasteiger partial charge < -0.3 is 15.5 Å². The zero-order chi connectivity index (χ0) is 21.1. The summed E-state index contributed by atoms with van der Waals surface area (Å²) in [6.07, 6.45) is 6.89. The van der Waals surface area contributed by atoms with Crippen molar-refractivity contribution in [2.75, 3.05) is 31.1 Å². The second-order valence-electron chi connectivity index (χ2n) is 6.88. The number of rotatable bonds is 3. The van der Waals surface area contributed by atoms with Crippen molar-refractivity contribution in [3.05, 3.63) is 47.5 Å². The Labute approximate surface area is 172 Å². The number of nitriles is 1. The standard InChI is InChI=1S/C19H19N9O2/c20-10-13-9-14(12-22-11-13)16-2-4-24-28(16)19(30)27-7-5-26(6-8-27)18-23-3-1-15(25-18)17(21)29/h1,3-4,9,11-12,16H,2,5-8H2,(H2,21,29). The first-order chi connectivity index (χ1) is 14.6. The van der Waals surface area contributed by atoms with Crippen molar-refractivity contribution in [2.45, 2.75) is 12.5 Å². The van der Waals surface area contributed by atoms with Crippen LogP contribution in [0.1, 0.15) is 34.1 Å². The van der Waals surface area contributed by atoms with E-state index in [0.29, 0.717) is 44.1 Å². The average Bonchev–Trinajstić information content (AvgIpc) is 3.29. The summed E-state index contributed by atoms with van der Waals surface area (Å²) in [6, 6.07) is 4.77. The number of pyridine rings is 1. The minimum absolute atomic E-state index is 0.154. The maximum Gasteiger partial charge on any atom is 0.341 e. The van der Waals surface area contributed by atoms with Gasteiger partial charge in [-0.3, -0.25) is 9.78 Å². The zero-order valence-electron chi connectivity index (χ0n) is 16.0. The van der Waals surface area contributed by atoms with Gasteiger partial charge in [0.2, 0.25) is 5.95 Å². The van der Waals surface area contributed by atoms with Gasteiger partial charge in [0.15, 0.2) is 0 Å². The van der Waals surface area contributed by atoms with Gasteiger partial charge in [-0.15, -0.1) is 0 Å². The summed E-state index contributed by atoms with van der Waals surface area (Å²) in [7, 11) is 0. The molecule has 2 aromatic heterocycles. The number of aromatic nitrogens is 3. The van der Waals surface area contributed by atoms with Gasteiger partial charge >= 0.3 is 6.03 Å². The van der Waals surface area contributed by atoms with Crippen molar-refractivity contribution in [1.29, 1.82) is 5.26 Å². The molecule has 1 saturated heterocycles. The maximum atomic E-state index is 13.1. The molecule has 3 amide bonds. The van der Waals surface area contributed by atoms with Gasteiger partial charge in [0, 0.05) is 57.4 Å². The molecule has 0 radical (unpaired) electrons. The number of primary amides is 1. The van der Waals surface area contributed by atoms with Gasteiger partial charge in [-0.1, -0.05) is 0 Å². The van der Waals surface area contributed by atoms with Crippen LogP contribution in [0, 0.1) is 11.3 Å². The van der Waals surface area contributed by atoms with Crippen LogP contribution in [0.15, 0.2) is 35.8 Å². The number of piperazine rings is 1. The summed E-state index contributed by atoms with van der Waals surface area (Å²) in [5.74, 6) is -0.199. The van der Waals surface area contributed by atoms with Crippen LogP contribution in [0.5, 0.6) is 0 Å². The molecule has 1 atom stereocenters. The fraction of sp³-hybridized carbons (Fsp3) is 0.316. The molecule has 11 nitrogen and oxygen atoms in total. The van der Waals surface area contributed by atoms with Crippen molar-refractivity contribution in [3.8, 4) is 6.07 Å². The third kappa shape index (κ3) is 3.75. The first-order valence-electron chi connectivity index (χ1n) is 9.40. The zero-order valence-corrected chi connectivity index (χ0v) is 16.0. The molecule has 0 aliphatic carbocycles. The predicted octanol–water partition coefficient (Wildman–Crippen LogP) is 0.517. The first-order valence-corrected chi connectivity index (χ1v) is 9.40. The van der Waals surface area contributed by atoms with E-state index < -0.39 is 5.91 Å². The number of nitrogens with zero attached hydrogens (tertiary/aromatic N) is 8. The lowest BCUT2D eigenvalue weighted by Gasteiger charge is -2.37. The van der Waals surface area contributed by atoms with E-state index in [4.69, 9.17) is 11.0 Å². The number of hydrazone groups is 1. The van der Waals surface area contributed by atoms with Gasteiger partial charge in [-0.05, 0) is 17.7 Å². The molecule has 11 heteroatoms. The molecule has 30 heavy (non-hydrogen) atoms. The average molecular weight is 405 g/mol. The molecule has 0 saturated carbocycles. The van der Waals surface area contributed by atoms with E-state index >= 15 is 0 Å². The topological polar surface area (TPSA) is 145 Å². The molecule has 1 unspecified atom stereocenters. The number of hydrogen-bond acceptors (Lipinski definition) is 8. The minimum atomic E-state index is -0.611. The van der Waals surface area contributed by atoms with Crippen molar-refractivity contribution in [3.63, 3.8) is 0 Å². The number of urea groups is 1. The number of carbonyl (C=O) groups is 2. The lowest BCUT2D eigenvalue weighted by Crippen LogP contribution is -2.52. The van der Waals surface area contributed by atoms with Gasteiger partial charge in [-0.2, -0.15) is 10.4 Å². The van der Waals surface area contributed by atoms with Crippen molar-refractivity contribution < 1.29 is 9.59 Å². The van der Waals surface area contributed by atoms with E-state index in [2.05, 4.69) is 26.1 Å². The molecular weight excluding hydrogens is 386 g/mol. The largest absolute Gasteiger partial charge is 0.364 e. The minimum Gasteiger partial charge on any atom is -0.364 e. The highest BCUT2D eigenvalue weighted by Crippen LogP contribution is 2.29. The summed E-state index contributed by atoms with van der Waals surface area (Å²) in [5, 5.41) is 14.8. The summed E-state index contributed by atoms with van der Waals surface area (Å²) in [5.41, 5.74) is 6.65. The van der Waals surface area contributed by atoms with Crippen LogP contribution in [0.4, 0.5) is 10.7 Å². The van der Waals surface area contributed by atoms with Crippen LogP contribution in [-0.4, -0.2) is 69.2 Å². The summed E-state index contributed by atoms with van der Waals surface area (Å²) >= 11 is 0. The van der Waals surface area contributed by atoms with Gasteiger partial charge in [-0.25, -0.2) is 19.8 Å². The number of nitrogens with two attached hydrogens (primary N) is 1. The highest BCUT2D eigenvalue weighted by atomic mass is 16.2. The van der Waals surface area contributed by atoms with Gasteiger partial charge in [0.25, 0.3) is 5.91 Å². The van der Waals surface area contributed by atoms with Crippen LogP contribution in [-0.2, 0) is 0 Å². The van der Waals surface area contributed by atoms with Crippen molar-refractivity contribution >= 4 is 24.1 Å².